The van der Waals surface area contributed by atoms with Crippen LogP contribution in [0.4, 0.5) is 10.5 Å². The molecule has 132 valence electrons. The van der Waals surface area contributed by atoms with E-state index in [9.17, 15) is 14.4 Å². The zero-order chi connectivity index (χ0) is 18.3. The van der Waals surface area contributed by atoms with E-state index in [1.165, 1.54) is 12.3 Å². The van der Waals surface area contributed by atoms with Crippen molar-refractivity contribution in [2.75, 3.05) is 11.9 Å². The summed E-state index contributed by atoms with van der Waals surface area (Å²) in [6.07, 6.45) is -0.256. The molecule has 0 saturated heterocycles. The highest BCUT2D eigenvalue weighted by molar-refractivity contribution is 6.29. The molecular weight excluding hydrogens is 342 g/mol. The van der Waals surface area contributed by atoms with Gasteiger partial charge in [-0.2, -0.15) is 0 Å². The zero-order valence-corrected chi connectivity index (χ0v) is 13.7. The second-order valence-corrected chi connectivity index (χ2v) is 5.37. The van der Waals surface area contributed by atoms with Gasteiger partial charge in [0.15, 0.2) is 0 Å². The number of hydrogen-bond donors (Lipinski definition) is 6. The van der Waals surface area contributed by atoms with Crippen molar-refractivity contribution in [2.24, 2.45) is 0 Å². The smallest absolute Gasteiger partial charge is 0.405 e. The number of halogens is 1. The second-order valence-electron chi connectivity index (χ2n) is 4.98. The van der Waals surface area contributed by atoms with Gasteiger partial charge in [0, 0.05) is 12.2 Å². The maximum absolute atomic E-state index is 12.1. The van der Waals surface area contributed by atoms with Gasteiger partial charge in [-0.05, 0) is 19.9 Å². The lowest BCUT2D eigenvalue weighted by molar-refractivity contribution is -0.124. The van der Waals surface area contributed by atoms with Gasteiger partial charge < -0.3 is 20.8 Å². The van der Waals surface area contributed by atoms with Crippen LogP contribution in [0.5, 0.6) is 0 Å². The van der Waals surface area contributed by atoms with E-state index >= 15 is 0 Å². The highest BCUT2D eigenvalue weighted by Gasteiger charge is 2.21. The molecule has 0 bridgehead atoms. The monoisotopic (exact) mass is 359 g/mol. The Morgan fingerprint density at radius 1 is 1.29 bits per heavy atom. The van der Waals surface area contributed by atoms with Crippen molar-refractivity contribution in [3.8, 4) is 0 Å². The molecule has 10 nitrogen and oxygen atoms in total. The van der Waals surface area contributed by atoms with Gasteiger partial charge >= 0.3 is 6.09 Å². The van der Waals surface area contributed by atoms with Crippen LogP contribution in [0.3, 0.4) is 0 Å². The van der Waals surface area contributed by atoms with Crippen molar-refractivity contribution >= 4 is 35.2 Å². The Labute approximate surface area is 142 Å². The number of anilines is 1. The van der Waals surface area contributed by atoms with E-state index in [2.05, 4.69) is 15.7 Å². The van der Waals surface area contributed by atoms with E-state index in [-0.39, 0.29) is 16.8 Å². The van der Waals surface area contributed by atoms with Crippen LogP contribution in [0.25, 0.3) is 0 Å². The number of carbonyl (C=O) groups excluding carboxylic acids is 2. The molecule has 0 aliphatic heterocycles. The van der Waals surface area contributed by atoms with Gasteiger partial charge in [-0.25, -0.2) is 9.78 Å². The van der Waals surface area contributed by atoms with Crippen molar-refractivity contribution in [1.29, 1.82) is 0 Å². The fourth-order valence-electron chi connectivity index (χ4n) is 1.66. The average Bonchev–Trinajstić information content (AvgIpc) is 2.49. The number of carboxylic acid groups (broad SMARTS) is 1. The molecule has 1 aromatic heterocycles. The molecule has 6 N–H and O–H groups in total. The molecule has 1 unspecified atom stereocenters. The third-order valence-electron chi connectivity index (χ3n) is 2.66. The summed E-state index contributed by atoms with van der Waals surface area (Å²) in [5.41, 5.74) is 4.67. The van der Waals surface area contributed by atoms with E-state index in [0.717, 1.165) is 0 Å². The SMILES string of the molecule is CC(C)Nc1cc(Cl)ncc1C(=O)NNC(=O)C(CO)NC(=O)O. The Bertz CT molecular complexity index is 625. The molecule has 0 aliphatic carbocycles. The number of aliphatic hydroxyl groups is 1. The topological polar surface area (TPSA) is 153 Å². The first-order valence-corrected chi connectivity index (χ1v) is 7.25. The lowest BCUT2D eigenvalue weighted by Gasteiger charge is -2.17. The van der Waals surface area contributed by atoms with E-state index in [0.29, 0.717) is 5.69 Å². The minimum Gasteiger partial charge on any atom is -0.465 e. The van der Waals surface area contributed by atoms with Gasteiger partial charge in [0.05, 0.1) is 17.9 Å². The predicted octanol–water partition coefficient (Wildman–Crippen LogP) is -0.0552. The van der Waals surface area contributed by atoms with Gasteiger partial charge in [-0.3, -0.25) is 20.4 Å². The molecule has 0 aromatic carbocycles. The summed E-state index contributed by atoms with van der Waals surface area (Å²) in [5.74, 6) is -1.61. The van der Waals surface area contributed by atoms with Crippen molar-refractivity contribution in [2.45, 2.75) is 25.9 Å². The summed E-state index contributed by atoms with van der Waals surface area (Å²) >= 11 is 5.80. The first-order chi connectivity index (χ1) is 11.2. The fourth-order valence-corrected chi connectivity index (χ4v) is 1.82. The van der Waals surface area contributed by atoms with Gasteiger partial charge in [-0.1, -0.05) is 11.6 Å². The number of rotatable bonds is 6. The first kappa shape index (κ1) is 19.5. The number of nitrogens with zero attached hydrogens (tertiary/aromatic N) is 1. The Morgan fingerprint density at radius 2 is 1.96 bits per heavy atom. The molecule has 3 amide bonds. The van der Waals surface area contributed by atoms with Crippen molar-refractivity contribution in [3.63, 3.8) is 0 Å². The normalized spacial score (nSPS) is 11.5. The third-order valence-corrected chi connectivity index (χ3v) is 2.86. The molecule has 0 spiro atoms. The van der Waals surface area contributed by atoms with Crippen LogP contribution in [-0.4, -0.2) is 51.8 Å². The molecule has 0 fully saturated rings. The standard InChI is InChI=1S/C13H18ClN5O5/c1-6(2)16-8-3-10(14)15-4-7(8)11(21)18-19-12(22)9(5-20)17-13(23)24/h3-4,6,9,17,20H,5H2,1-2H3,(H,15,16)(H,18,21)(H,19,22)(H,23,24). The van der Waals surface area contributed by atoms with Gasteiger partial charge in [-0.15, -0.1) is 0 Å². The molecule has 1 aromatic rings. The minimum atomic E-state index is -1.49. The highest BCUT2D eigenvalue weighted by atomic mass is 35.5. The van der Waals surface area contributed by atoms with Crippen molar-refractivity contribution in [1.82, 2.24) is 21.2 Å². The predicted molar refractivity (Wildman–Crippen MR) is 85.6 cm³/mol. The van der Waals surface area contributed by atoms with Gasteiger partial charge in [0.25, 0.3) is 11.8 Å². The van der Waals surface area contributed by atoms with Crippen molar-refractivity contribution in [3.05, 3.63) is 23.0 Å². The van der Waals surface area contributed by atoms with Crippen molar-refractivity contribution < 1.29 is 24.6 Å². The molecule has 11 heteroatoms. The zero-order valence-electron chi connectivity index (χ0n) is 13.0. The lowest BCUT2D eigenvalue weighted by atomic mass is 10.2. The molecule has 0 radical (unpaired) electrons. The van der Waals surface area contributed by atoms with Crippen LogP contribution in [0.1, 0.15) is 24.2 Å². The number of hydrogen-bond acceptors (Lipinski definition) is 6. The van der Waals surface area contributed by atoms with Gasteiger partial charge in [0.2, 0.25) is 0 Å². The minimum absolute atomic E-state index is 0.0168. The Balaban J connectivity index is 2.78. The fraction of sp³-hybridized carbons (Fsp3) is 0.385. The molecular formula is C13H18ClN5O5. The maximum Gasteiger partial charge on any atom is 0.405 e. The van der Waals surface area contributed by atoms with Crippen LogP contribution in [0, 0.1) is 0 Å². The quantitative estimate of drug-likeness (QED) is 0.307. The molecule has 1 atom stereocenters. The number of aromatic nitrogens is 1. The Morgan fingerprint density at radius 3 is 2.50 bits per heavy atom. The maximum atomic E-state index is 12.1. The number of carbonyl (C=O) groups is 3. The second kappa shape index (κ2) is 8.89. The van der Waals surface area contributed by atoms with E-state index in [4.69, 9.17) is 21.8 Å². The van der Waals surface area contributed by atoms with Gasteiger partial charge in [0.1, 0.15) is 11.2 Å². The Hall–Kier alpha value is -2.59. The Kier molecular flexibility index (Phi) is 7.21. The van der Waals surface area contributed by atoms with Crippen LogP contribution in [0.2, 0.25) is 5.15 Å². The van der Waals surface area contributed by atoms with Crippen LogP contribution in [-0.2, 0) is 4.79 Å². The summed E-state index contributed by atoms with van der Waals surface area (Å²) in [7, 11) is 0. The summed E-state index contributed by atoms with van der Waals surface area (Å²) < 4.78 is 0. The summed E-state index contributed by atoms with van der Waals surface area (Å²) in [6.45, 7) is 2.96. The summed E-state index contributed by atoms with van der Waals surface area (Å²) in [6, 6.07) is 0.0587. The summed E-state index contributed by atoms with van der Waals surface area (Å²) in [4.78, 5) is 38.1. The molecule has 0 saturated carbocycles. The van der Waals surface area contributed by atoms with E-state index in [1.54, 1.807) is 5.32 Å². The number of amides is 3. The summed E-state index contributed by atoms with van der Waals surface area (Å²) in [5, 5.41) is 22.5. The average molecular weight is 360 g/mol. The molecule has 1 rings (SSSR count). The van der Waals surface area contributed by atoms with Crippen LogP contribution < -0.4 is 21.5 Å². The van der Waals surface area contributed by atoms with E-state index < -0.39 is 30.6 Å². The van der Waals surface area contributed by atoms with Crippen LogP contribution in [0.15, 0.2) is 12.3 Å². The largest absolute Gasteiger partial charge is 0.465 e. The number of aliphatic hydroxyl groups excluding tert-OH is 1. The van der Waals surface area contributed by atoms with Crippen LogP contribution >= 0.6 is 11.6 Å². The molecule has 0 aliphatic rings. The highest BCUT2D eigenvalue weighted by Crippen LogP contribution is 2.19. The number of nitrogens with one attached hydrogen (secondary N) is 4. The molecule has 1 heterocycles. The lowest BCUT2D eigenvalue weighted by Crippen LogP contribution is -2.53. The molecule has 24 heavy (non-hydrogen) atoms. The third kappa shape index (κ3) is 5.89. The number of pyridine rings is 1. The first-order valence-electron chi connectivity index (χ1n) is 6.87. The van der Waals surface area contributed by atoms with E-state index in [1.807, 2.05) is 19.3 Å². The number of hydrazine groups is 1.